The Labute approximate surface area is 111 Å². The average Bonchev–Trinajstić information content (AvgIpc) is 2.78. The van der Waals surface area contributed by atoms with Crippen LogP contribution in [-0.2, 0) is 6.54 Å². The van der Waals surface area contributed by atoms with Gasteiger partial charge in [0.2, 0.25) is 0 Å². The summed E-state index contributed by atoms with van der Waals surface area (Å²) in [6.45, 7) is 5.54. The number of hydrogen-bond donors (Lipinski definition) is 1. The Morgan fingerprint density at radius 3 is 3.00 bits per heavy atom. The van der Waals surface area contributed by atoms with Crippen LogP contribution in [0.2, 0.25) is 5.02 Å². The van der Waals surface area contributed by atoms with Gasteiger partial charge in [-0.3, -0.25) is 0 Å². The van der Waals surface area contributed by atoms with E-state index in [0.717, 1.165) is 17.8 Å². The molecule has 5 heteroatoms. The monoisotopic (exact) mass is 266 g/mol. The normalized spacial score (nSPS) is 10.6. The van der Waals surface area contributed by atoms with Gasteiger partial charge in [0.25, 0.3) is 0 Å². The Balaban J connectivity index is 2.06. The highest BCUT2D eigenvalue weighted by atomic mass is 35.5. The first kappa shape index (κ1) is 12.9. The molecule has 2 aromatic rings. The molecule has 0 aliphatic heterocycles. The van der Waals surface area contributed by atoms with Crippen molar-refractivity contribution >= 4 is 11.6 Å². The third-order valence-electron chi connectivity index (χ3n) is 2.37. The summed E-state index contributed by atoms with van der Waals surface area (Å²) >= 11 is 6.06. The molecule has 0 amide bonds. The first-order valence-corrected chi connectivity index (χ1v) is 6.16. The molecular formula is C13H15ClN2O2. The van der Waals surface area contributed by atoms with E-state index in [1.165, 1.54) is 0 Å². The number of rotatable bonds is 5. The first-order chi connectivity index (χ1) is 8.69. The molecule has 1 heterocycles. The topological polar surface area (TPSA) is 47.3 Å². The Morgan fingerprint density at radius 2 is 2.28 bits per heavy atom. The van der Waals surface area contributed by atoms with Gasteiger partial charge in [-0.25, -0.2) is 0 Å². The minimum atomic E-state index is 0.202. The van der Waals surface area contributed by atoms with Crippen molar-refractivity contribution in [1.82, 2.24) is 10.3 Å². The number of benzene rings is 1. The number of aromatic nitrogens is 1. The molecule has 0 saturated heterocycles. The molecule has 0 bridgehead atoms. The Hall–Kier alpha value is -1.52. The van der Waals surface area contributed by atoms with Crippen LogP contribution in [-0.4, -0.2) is 11.5 Å². The maximum absolute atomic E-state index is 6.06. The van der Waals surface area contributed by atoms with E-state index >= 15 is 0 Å². The van der Waals surface area contributed by atoms with Crippen LogP contribution in [0, 0.1) is 6.92 Å². The second kappa shape index (κ2) is 5.89. The molecule has 0 fully saturated rings. The summed E-state index contributed by atoms with van der Waals surface area (Å²) in [4.78, 5) is 4.20. The van der Waals surface area contributed by atoms with Gasteiger partial charge in [-0.05, 0) is 31.2 Å². The fraction of sp³-hybridized carbons (Fsp3) is 0.308. The summed E-state index contributed by atoms with van der Waals surface area (Å²) < 4.78 is 10.7. The van der Waals surface area contributed by atoms with Crippen LogP contribution in [0.5, 0.6) is 11.8 Å². The van der Waals surface area contributed by atoms with Crippen molar-refractivity contribution in [2.45, 2.75) is 20.4 Å². The molecule has 18 heavy (non-hydrogen) atoms. The van der Waals surface area contributed by atoms with E-state index in [1.54, 1.807) is 12.3 Å². The van der Waals surface area contributed by atoms with E-state index in [0.29, 0.717) is 17.3 Å². The summed E-state index contributed by atoms with van der Waals surface area (Å²) in [7, 11) is 0. The average molecular weight is 267 g/mol. The second-order valence-electron chi connectivity index (χ2n) is 3.92. The zero-order valence-electron chi connectivity index (χ0n) is 10.4. The molecule has 0 aliphatic carbocycles. The highest BCUT2D eigenvalue weighted by Crippen LogP contribution is 2.29. The largest absolute Gasteiger partial charge is 0.417 e. The molecule has 1 aromatic carbocycles. The molecule has 2 rings (SSSR count). The predicted octanol–water partition coefficient (Wildman–Crippen LogP) is 3.54. The summed E-state index contributed by atoms with van der Waals surface area (Å²) in [5.74, 6) is 0.541. The molecule has 0 aliphatic rings. The van der Waals surface area contributed by atoms with Crippen LogP contribution in [0.15, 0.2) is 28.9 Å². The lowest BCUT2D eigenvalue weighted by Gasteiger charge is -2.03. The predicted molar refractivity (Wildman–Crippen MR) is 70.1 cm³/mol. The Bertz CT molecular complexity index is 525. The van der Waals surface area contributed by atoms with Crippen molar-refractivity contribution in [3.05, 3.63) is 40.7 Å². The maximum Gasteiger partial charge on any atom is 0.399 e. The highest BCUT2D eigenvalue weighted by molar-refractivity contribution is 6.32. The fourth-order valence-electron chi connectivity index (χ4n) is 1.45. The minimum Gasteiger partial charge on any atom is -0.417 e. The number of halogens is 1. The van der Waals surface area contributed by atoms with E-state index in [9.17, 15) is 0 Å². The van der Waals surface area contributed by atoms with Gasteiger partial charge in [0.15, 0.2) is 5.75 Å². The lowest BCUT2D eigenvalue weighted by molar-refractivity contribution is 0.331. The highest BCUT2D eigenvalue weighted by Gasteiger charge is 2.08. The summed E-state index contributed by atoms with van der Waals surface area (Å²) in [6.07, 6.45) is 1.77. The summed E-state index contributed by atoms with van der Waals surface area (Å²) in [5.41, 5.74) is 1.88. The molecule has 1 aromatic heterocycles. The number of ether oxygens (including phenoxy) is 1. The van der Waals surface area contributed by atoms with Gasteiger partial charge in [0.1, 0.15) is 6.26 Å². The number of aryl methyl sites for hydroxylation is 1. The summed E-state index contributed by atoms with van der Waals surface area (Å²) in [6, 6.07) is 5.55. The minimum absolute atomic E-state index is 0.202. The van der Waals surface area contributed by atoms with Crippen LogP contribution < -0.4 is 10.1 Å². The number of nitrogens with zero attached hydrogens (tertiary/aromatic N) is 1. The number of oxazole rings is 1. The zero-order chi connectivity index (χ0) is 13.0. The molecule has 1 N–H and O–H groups in total. The number of nitrogens with one attached hydrogen (secondary N) is 1. The van der Waals surface area contributed by atoms with E-state index in [-0.39, 0.29) is 6.08 Å². The quantitative estimate of drug-likeness (QED) is 0.899. The van der Waals surface area contributed by atoms with Crippen LogP contribution in [0.4, 0.5) is 0 Å². The molecule has 96 valence electrons. The van der Waals surface area contributed by atoms with Crippen LogP contribution in [0.25, 0.3) is 0 Å². The van der Waals surface area contributed by atoms with Crippen LogP contribution in [0.1, 0.15) is 18.2 Å². The zero-order valence-corrected chi connectivity index (χ0v) is 11.1. The smallest absolute Gasteiger partial charge is 0.399 e. The van der Waals surface area contributed by atoms with Gasteiger partial charge in [-0.15, -0.1) is 0 Å². The van der Waals surface area contributed by atoms with Crippen molar-refractivity contribution in [2.75, 3.05) is 6.54 Å². The lowest BCUT2D eigenvalue weighted by Crippen LogP contribution is -2.11. The van der Waals surface area contributed by atoms with E-state index in [4.69, 9.17) is 20.8 Å². The van der Waals surface area contributed by atoms with E-state index in [1.807, 2.05) is 26.0 Å². The maximum atomic E-state index is 6.06. The van der Waals surface area contributed by atoms with Gasteiger partial charge in [-0.1, -0.05) is 24.6 Å². The molecular weight excluding hydrogens is 252 g/mol. The van der Waals surface area contributed by atoms with Gasteiger partial charge in [0.05, 0.1) is 10.7 Å². The molecule has 0 spiro atoms. The van der Waals surface area contributed by atoms with Crippen molar-refractivity contribution < 1.29 is 9.15 Å². The lowest BCUT2D eigenvalue weighted by atomic mass is 10.2. The van der Waals surface area contributed by atoms with E-state index in [2.05, 4.69) is 10.3 Å². The molecule has 0 atom stereocenters. The van der Waals surface area contributed by atoms with Crippen molar-refractivity contribution in [2.24, 2.45) is 0 Å². The van der Waals surface area contributed by atoms with Gasteiger partial charge >= 0.3 is 6.08 Å². The fourth-order valence-corrected chi connectivity index (χ4v) is 1.73. The standard InChI is InChI=1S/C13H15ClN2O2/c1-3-15-7-10-8-17-13(16-10)18-12-5-4-9(2)6-11(12)14/h4-6,8,15H,3,7H2,1-2H3. The van der Waals surface area contributed by atoms with Gasteiger partial charge in [0, 0.05) is 6.54 Å². The van der Waals surface area contributed by atoms with Crippen molar-refractivity contribution in [3.8, 4) is 11.8 Å². The van der Waals surface area contributed by atoms with Gasteiger partial charge < -0.3 is 14.5 Å². The van der Waals surface area contributed by atoms with Crippen LogP contribution in [0.3, 0.4) is 0 Å². The molecule has 0 radical (unpaired) electrons. The molecule has 0 saturated carbocycles. The Kier molecular flexibility index (Phi) is 4.23. The van der Waals surface area contributed by atoms with E-state index < -0.39 is 0 Å². The molecule has 0 unspecified atom stereocenters. The van der Waals surface area contributed by atoms with Crippen molar-refractivity contribution in [3.63, 3.8) is 0 Å². The third-order valence-corrected chi connectivity index (χ3v) is 2.67. The SMILES string of the molecule is CCNCc1coc(Oc2ccc(C)cc2Cl)n1. The van der Waals surface area contributed by atoms with Gasteiger partial charge in [-0.2, -0.15) is 4.98 Å². The first-order valence-electron chi connectivity index (χ1n) is 5.78. The Morgan fingerprint density at radius 1 is 1.44 bits per heavy atom. The van der Waals surface area contributed by atoms with Crippen LogP contribution >= 0.6 is 11.6 Å². The number of hydrogen-bond acceptors (Lipinski definition) is 4. The molecule has 4 nitrogen and oxygen atoms in total. The third kappa shape index (κ3) is 3.24. The van der Waals surface area contributed by atoms with Crippen molar-refractivity contribution in [1.29, 1.82) is 0 Å². The summed E-state index contributed by atoms with van der Waals surface area (Å²) in [5, 5.41) is 3.70. The second-order valence-corrected chi connectivity index (χ2v) is 4.33.